The van der Waals surface area contributed by atoms with Crippen LogP contribution in [-0.4, -0.2) is 39.0 Å². The van der Waals surface area contributed by atoms with Crippen molar-refractivity contribution in [2.24, 2.45) is 0 Å². The fraction of sp³-hybridized carbons (Fsp3) is 0.286. The predicted molar refractivity (Wildman–Crippen MR) is 108 cm³/mol. The number of benzene rings is 2. The maximum Gasteiger partial charge on any atom is 0.244 e. The maximum absolute atomic E-state index is 12.0. The molecule has 2 aromatic rings. The van der Waals surface area contributed by atoms with Crippen molar-refractivity contribution in [2.75, 3.05) is 18.6 Å². The van der Waals surface area contributed by atoms with E-state index in [9.17, 15) is 13.2 Å². The number of hydrogen-bond donors (Lipinski definition) is 1. The Morgan fingerprint density at radius 2 is 1.96 bits per heavy atom. The van der Waals surface area contributed by atoms with Gasteiger partial charge in [0, 0.05) is 12.1 Å². The molecule has 0 spiro atoms. The minimum absolute atomic E-state index is 0.00779. The van der Waals surface area contributed by atoms with Crippen LogP contribution in [0.1, 0.15) is 17.5 Å². The molecule has 0 aliphatic carbocycles. The summed E-state index contributed by atoms with van der Waals surface area (Å²) in [5.41, 5.74) is 1.83. The zero-order valence-electron chi connectivity index (χ0n) is 15.6. The van der Waals surface area contributed by atoms with Gasteiger partial charge in [0.15, 0.2) is 21.3 Å². The van der Waals surface area contributed by atoms with Crippen LogP contribution in [0.2, 0.25) is 0 Å². The summed E-state index contributed by atoms with van der Waals surface area (Å²) in [5, 5.41) is 2.72. The molecule has 1 amide bonds. The van der Waals surface area contributed by atoms with Crippen molar-refractivity contribution in [3.63, 3.8) is 0 Å². The van der Waals surface area contributed by atoms with Gasteiger partial charge in [-0.1, -0.05) is 36.4 Å². The number of nitrogens with one attached hydrogen (secondary N) is 1. The minimum atomic E-state index is -3.02. The average Bonchev–Trinajstić information content (AvgIpc) is 3.04. The average molecular weight is 401 g/mol. The fourth-order valence-electron chi connectivity index (χ4n) is 2.97. The minimum Gasteiger partial charge on any atom is -0.493 e. The van der Waals surface area contributed by atoms with Crippen molar-refractivity contribution in [2.45, 2.75) is 19.1 Å². The molecule has 7 heteroatoms. The normalized spacial score (nSPS) is 18.1. The summed E-state index contributed by atoms with van der Waals surface area (Å²) in [6, 6.07) is 14.9. The van der Waals surface area contributed by atoms with E-state index in [1.54, 1.807) is 25.3 Å². The number of methoxy groups -OCH3 is 1. The number of ether oxygens (including phenoxy) is 2. The molecular weight excluding hydrogens is 378 g/mol. The van der Waals surface area contributed by atoms with Crippen molar-refractivity contribution in [1.29, 1.82) is 0 Å². The lowest BCUT2D eigenvalue weighted by molar-refractivity contribution is -0.116. The van der Waals surface area contributed by atoms with Gasteiger partial charge in [0.2, 0.25) is 5.91 Å². The highest BCUT2D eigenvalue weighted by molar-refractivity contribution is 7.91. The van der Waals surface area contributed by atoms with E-state index >= 15 is 0 Å². The van der Waals surface area contributed by atoms with Crippen LogP contribution in [0.4, 0.5) is 0 Å². The summed E-state index contributed by atoms with van der Waals surface area (Å²) < 4.78 is 34.1. The van der Waals surface area contributed by atoms with Crippen molar-refractivity contribution in [3.05, 3.63) is 65.7 Å². The SMILES string of the molecule is COc1cc(/C=C/C(=O)NC2CCS(=O)(=O)C2)ccc1OCc1ccccc1. The Bertz CT molecular complexity index is 954. The summed E-state index contributed by atoms with van der Waals surface area (Å²) in [6.45, 7) is 0.430. The van der Waals surface area contributed by atoms with Crippen LogP contribution in [0, 0.1) is 0 Å². The number of sulfone groups is 1. The molecule has 1 aliphatic rings. The first kappa shape index (κ1) is 19.9. The fourth-order valence-corrected chi connectivity index (χ4v) is 4.65. The molecule has 148 valence electrons. The third-order valence-corrected chi connectivity index (χ3v) is 6.20. The maximum atomic E-state index is 12.0. The van der Waals surface area contributed by atoms with Crippen molar-refractivity contribution in [3.8, 4) is 11.5 Å². The Labute approximate surface area is 165 Å². The van der Waals surface area contributed by atoms with E-state index < -0.39 is 9.84 Å². The number of carbonyl (C=O) groups is 1. The Morgan fingerprint density at radius 3 is 2.64 bits per heavy atom. The van der Waals surface area contributed by atoms with E-state index in [1.165, 1.54) is 6.08 Å². The lowest BCUT2D eigenvalue weighted by Gasteiger charge is -2.11. The molecule has 1 unspecified atom stereocenters. The first-order valence-corrected chi connectivity index (χ1v) is 10.8. The number of carbonyl (C=O) groups excluding carboxylic acids is 1. The molecule has 1 atom stereocenters. The summed E-state index contributed by atoms with van der Waals surface area (Å²) in [4.78, 5) is 12.0. The molecule has 0 aromatic heterocycles. The molecule has 6 nitrogen and oxygen atoms in total. The van der Waals surface area contributed by atoms with E-state index in [-0.39, 0.29) is 23.5 Å². The predicted octanol–water partition coefficient (Wildman–Crippen LogP) is 2.59. The molecule has 1 N–H and O–H groups in total. The van der Waals surface area contributed by atoms with E-state index in [4.69, 9.17) is 9.47 Å². The summed E-state index contributed by atoms with van der Waals surface area (Å²) in [7, 11) is -1.46. The van der Waals surface area contributed by atoms with E-state index in [1.807, 2.05) is 36.4 Å². The lowest BCUT2D eigenvalue weighted by atomic mass is 10.1. The van der Waals surface area contributed by atoms with Crippen molar-refractivity contribution in [1.82, 2.24) is 5.32 Å². The summed E-state index contributed by atoms with van der Waals surface area (Å²) in [5.74, 6) is 1.01. The molecule has 1 aliphatic heterocycles. The second kappa shape index (κ2) is 8.93. The quantitative estimate of drug-likeness (QED) is 0.721. The highest BCUT2D eigenvalue weighted by Gasteiger charge is 2.28. The van der Waals surface area contributed by atoms with Gasteiger partial charge in [0.1, 0.15) is 6.61 Å². The van der Waals surface area contributed by atoms with Crippen LogP contribution in [-0.2, 0) is 21.2 Å². The third kappa shape index (κ3) is 5.60. The van der Waals surface area contributed by atoms with Crippen molar-refractivity contribution >= 4 is 21.8 Å². The van der Waals surface area contributed by atoms with Crippen LogP contribution in [0.5, 0.6) is 11.5 Å². The first-order chi connectivity index (χ1) is 13.4. The molecule has 1 fully saturated rings. The Balaban J connectivity index is 1.59. The molecule has 3 rings (SSSR count). The van der Waals surface area contributed by atoms with Crippen LogP contribution in [0.15, 0.2) is 54.6 Å². The van der Waals surface area contributed by atoms with Gasteiger partial charge in [0.25, 0.3) is 0 Å². The van der Waals surface area contributed by atoms with Crippen molar-refractivity contribution < 1.29 is 22.7 Å². The molecular formula is C21H23NO5S. The molecule has 0 bridgehead atoms. The van der Waals surface area contributed by atoms with Crippen LogP contribution < -0.4 is 14.8 Å². The molecule has 28 heavy (non-hydrogen) atoms. The first-order valence-electron chi connectivity index (χ1n) is 8.99. The van der Waals surface area contributed by atoms with Gasteiger partial charge in [0.05, 0.1) is 18.6 Å². The van der Waals surface area contributed by atoms with E-state index in [2.05, 4.69) is 5.32 Å². The second-order valence-corrected chi connectivity index (χ2v) is 8.86. The Hall–Kier alpha value is -2.80. The topological polar surface area (TPSA) is 81.7 Å². The van der Waals surface area contributed by atoms with Crippen LogP contribution in [0.3, 0.4) is 0 Å². The molecule has 2 aromatic carbocycles. The number of rotatable bonds is 7. The smallest absolute Gasteiger partial charge is 0.244 e. The number of amides is 1. The van der Waals surface area contributed by atoms with Gasteiger partial charge in [-0.3, -0.25) is 4.79 Å². The third-order valence-electron chi connectivity index (χ3n) is 4.43. The van der Waals surface area contributed by atoms with E-state index in [0.29, 0.717) is 24.5 Å². The van der Waals surface area contributed by atoms with Gasteiger partial charge >= 0.3 is 0 Å². The van der Waals surface area contributed by atoms with Gasteiger partial charge in [-0.15, -0.1) is 0 Å². The summed E-state index contributed by atoms with van der Waals surface area (Å²) in [6.07, 6.45) is 3.51. The summed E-state index contributed by atoms with van der Waals surface area (Å²) >= 11 is 0. The standard InChI is InChI=1S/C21H23NO5S/c1-26-20-13-16(7-9-19(20)27-14-17-5-3-2-4-6-17)8-10-21(23)22-18-11-12-28(24,25)15-18/h2-10,13,18H,11-12,14-15H2,1H3,(H,22,23)/b10-8+. The largest absolute Gasteiger partial charge is 0.493 e. The second-order valence-electron chi connectivity index (χ2n) is 6.63. The highest BCUT2D eigenvalue weighted by atomic mass is 32.2. The van der Waals surface area contributed by atoms with Crippen LogP contribution >= 0.6 is 0 Å². The van der Waals surface area contributed by atoms with Gasteiger partial charge in [-0.05, 0) is 35.8 Å². The van der Waals surface area contributed by atoms with Crippen LogP contribution in [0.25, 0.3) is 6.08 Å². The van der Waals surface area contributed by atoms with E-state index in [0.717, 1.165) is 11.1 Å². The Kier molecular flexibility index (Phi) is 6.36. The zero-order valence-corrected chi connectivity index (χ0v) is 16.4. The monoisotopic (exact) mass is 401 g/mol. The lowest BCUT2D eigenvalue weighted by Crippen LogP contribution is -2.34. The highest BCUT2D eigenvalue weighted by Crippen LogP contribution is 2.29. The number of hydrogen-bond acceptors (Lipinski definition) is 5. The zero-order chi connectivity index (χ0) is 20.0. The molecule has 0 radical (unpaired) electrons. The molecule has 1 saturated heterocycles. The van der Waals surface area contributed by atoms with Gasteiger partial charge in [-0.25, -0.2) is 8.42 Å². The molecule has 1 heterocycles. The van der Waals surface area contributed by atoms with Gasteiger partial charge in [-0.2, -0.15) is 0 Å². The molecule has 0 saturated carbocycles. The Morgan fingerprint density at radius 1 is 1.18 bits per heavy atom. The van der Waals surface area contributed by atoms with Gasteiger partial charge < -0.3 is 14.8 Å².